The maximum absolute atomic E-state index is 10.8. The molecule has 2 aliphatic rings. The Labute approximate surface area is 182 Å². The van der Waals surface area contributed by atoms with Crippen molar-refractivity contribution in [3.63, 3.8) is 0 Å². The van der Waals surface area contributed by atoms with Crippen molar-refractivity contribution in [1.29, 1.82) is 0 Å². The van der Waals surface area contributed by atoms with Crippen LogP contribution in [0.15, 0.2) is 42.5 Å². The van der Waals surface area contributed by atoms with Crippen molar-refractivity contribution in [2.45, 2.75) is 18.9 Å². The molecule has 0 bridgehead atoms. The lowest BCUT2D eigenvalue weighted by Crippen LogP contribution is -2.40. The number of anilines is 2. The van der Waals surface area contributed by atoms with E-state index >= 15 is 0 Å². The Morgan fingerprint density at radius 3 is 2.61 bits per heavy atom. The summed E-state index contributed by atoms with van der Waals surface area (Å²) in [5.41, 5.74) is 2.40. The van der Waals surface area contributed by atoms with Gasteiger partial charge in [-0.2, -0.15) is 0 Å². The summed E-state index contributed by atoms with van der Waals surface area (Å²) < 4.78 is 5.43. The summed E-state index contributed by atoms with van der Waals surface area (Å²) in [5, 5.41) is 25.5. The van der Waals surface area contributed by atoms with Crippen LogP contribution < -0.4 is 10.2 Å². The van der Waals surface area contributed by atoms with Gasteiger partial charge in [-0.1, -0.05) is 24.3 Å². The summed E-state index contributed by atoms with van der Waals surface area (Å²) in [6.07, 6.45) is 2.31. The number of nitrogens with one attached hydrogen (secondary N) is 1. The number of morpholine rings is 1. The smallest absolute Gasteiger partial charge is 0.156 e. The van der Waals surface area contributed by atoms with Gasteiger partial charge < -0.3 is 25.0 Å². The van der Waals surface area contributed by atoms with Crippen LogP contribution in [0.5, 0.6) is 5.75 Å². The molecule has 0 radical (unpaired) electrons. The minimum absolute atomic E-state index is 0.220. The first-order valence-corrected chi connectivity index (χ1v) is 11.1. The van der Waals surface area contributed by atoms with Gasteiger partial charge in [-0.05, 0) is 38.6 Å². The van der Waals surface area contributed by atoms with E-state index in [9.17, 15) is 5.11 Å². The molecule has 31 heavy (non-hydrogen) atoms. The number of piperidine rings is 1. The van der Waals surface area contributed by atoms with Crippen LogP contribution >= 0.6 is 0 Å². The van der Waals surface area contributed by atoms with Gasteiger partial charge in [0.15, 0.2) is 5.82 Å². The van der Waals surface area contributed by atoms with Crippen molar-refractivity contribution in [3.05, 3.63) is 42.5 Å². The van der Waals surface area contributed by atoms with E-state index < -0.39 is 0 Å². The van der Waals surface area contributed by atoms with Crippen LogP contribution in [0.25, 0.3) is 22.0 Å². The zero-order valence-electron chi connectivity index (χ0n) is 17.9. The summed E-state index contributed by atoms with van der Waals surface area (Å²) >= 11 is 0. The van der Waals surface area contributed by atoms with Crippen LogP contribution in [0.3, 0.4) is 0 Å². The topological polar surface area (TPSA) is 73.8 Å². The molecule has 2 saturated heterocycles. The number of benzene rings is 2. The lowest BCUT2D eigenvalue weighted by molar-refractivity contribution is 0.122. The summed E-state index contributed by atoms with van der Waals surface area (Å²) in [4.78, 5) is 4.57. The normalized spacial score (nSPS) is 20.2. The van der Waals surface area contributed by atoms with Crippen LogP contribution in [-0.2, 0) is 4.74 Å². The van der Waals surface area contributed by atoms with Crippen LogP contribution in [0, 0.1) is 0 Å². The molecular formula is C24H29N5O2. The molecule has 0 aliphatic carbocycles. The molecule has 2 N–H and O–H groups in total. The van der Waals surface area contributed by atoms with E-state index in [0.717, 1.165) is 54.9 Å². The van der Waals surface area contributed by atoms with Crippen molar-refractivity contribution in [2.75, 3.05) is 56.7 Å². The number of rotatable bonds is 4. The van der Waals surface area contributed by atoms with E-state index in [1.165, 1.54) is 6.42 Å². The zero-order chi connectivity index (χ0) is 21.2. The van der Waals surface area contributed by atoms with Gasteiger partial charge in [-0.15, -0.1) is 10.2 Å². The van der Waals surface area contributed by atoms with E-state index in [-0.39, 0.29) is 5.75 Å². The maximum atomic E-state index is 10.8. The molecule has 3 aromatic rings. The van der Waals surface area contributed by atoms with Crippen molar-refractivity contribution in [2.24, 2.45) is 0 Å². The summed E-state index contributed by atoms with van der Waals surface area (Å²) in [6.45, 7) is 5.23. The standard InChI is InChI=1S/C24H29N5O2/c1-28-10-4-5-17(16-28)25-24-20-7-3-2-6-19(20)23(26-27-24)21-9-8-18(15-22(21)30)29-11-13-31-14-12-29/h2-3,6-9,15,17,30H,4-5,10-14,16H2,1H3,(H,25,27)/t17-/m1/s1. The van der Waals surface area contributed by atoms with Crippen molar-refractivity contribution in [1.82, 2.24) is 15.1 Å². The average molecular weight is 420 g/mol. The molecule has 2 fully saturated rings. The number of likely N-dealkylation sites (N-methyl/N-ethyl adjacent to an activating group) is 1. The fraction of sp³-hybridized carbons (Fsp3) is 0.417. The molecule has 0 amide bonds. The summed E-state index contributed by atoms with van der Waals surface area (Å²) in [5.74, 6) is 1.03. The lowest BCUT2D eigenvalue weighted by atomic mass is 10.0. The minimum Gasteiger partial charge on any atom is -0.507 e. The Bertz CT molecular complexity index is 1070. The Hall–Kier alpha value is -2.90. The number of phenols is 1. The Morgan fingerprint density at radius 2 is 1.84 bits per heavy atom. The molecule has 2 aliphatic heterocycles. The number of nitrogens with zero attached hydrogens (tertiary/aromatic N) is 4. The second kappa shape index (κ2) is 8.69. The van der Waals surface area contributed by atoms with E-state index in [4.69, 9.17) is 4.74 Å². The molecule has 7 nitrogen and oxygen atoms in total. The van der Waals surface area contributed by atoms with Crippen LogP contribution in [0.2, 0.25) is 0 Å². The third-order valence-electron chi connectivity index (χ3n) is 6.27. The van der Waals surface area contributed by atoms with Gasteiger partial charge in [0.2, 0.25) is 0 Å². The highest BCUT2D eigenvalue weighted by Crippen LogP contribution is 2.37. The number of fused-ring (bicyclic) bond motifs is 1. The highest BCUT2D eigenvalue weighted by atomic mass is 16.5. The molecule has 2 aromatic carbocycles. The second-order valence-electron chi connectivity index (χ2n) is 8.49. The van der Waals surface area contributed by atoms with Gasteiger partial charge in [0, 0.05) is 53.8 Å². The fourth-order valence-electron chi connectivity index (χ4n) is 4.63. The first kappa shape index (κ1) is 20.0. The lowest BCUT2D eigenvalue weighted by Gasteiger charge is -2.30. The third-order valence-corrected chi connectivity index (χ3v) is 6.27. The maximum Gasteiger partial charge on any atom is 0.156 e. The highest BCUT2D eigenvalue weighted by molar-refractivity contribution is 6.01. The largest absolute Gasteiger partial charge is 0.507 e. The van der Waals surface area contributed by atoms with Gasteiger partial charge in [-0.25, -0.2) is 0 Å². The minimum atomic E-state index is 0.220. The average Bonchev–Trinajstić information content (AvgIpc) is 2.80. The van der Waals surface area contributed by atoms with E-state index in [0.29, 0.717) is 30.5 Å². The zero-order valence-corrected chi connectivity index (χ0v) is 17.9. The van der Waals surface area contributed by atoms with Gasteiger partial charge in [0.05, 0.1) is 13.2 Å². The molecule has 0 spiro atoms. The summed E-state index contributed by atoms with van der Waals surface area (Å²) in [7, 11) is 2.16. The van der Waals surface area contributed by atoms with E-state index in [1.54, 1.807) is 0 Å². The molecule has 1 atom stereocenters. The van der Waals surface area contributed by atoms with Crippen LogP contribution in [0.1, 0.15) is 12.8 Å². The molecule has 3 heterocycles. The predicted octanol–water partition coefficient (Wildman–Crippen LogP) is 3.35. The Morgan fingerprint density at radius 1 is 1.03 bits per heavy atom. The van der Waals surface area contributed by atoms with Crippen LogP contribution in [-0.4, -0.2) is 72.7 Å². The number of likely N-dealkylation sites (tertiary alicyclic amines) is 1. The first-order chi connectivity index (χ1) is 15.2. The Kier molecular flexibility index (Phi) is 5.61. The van der Waals surface area contributed by atoms with E-state index in [1.807, 2.05) is 36.4 Å². The van der Waals surface area contributed by atoms with Crippen molar-refractivity contribution in [3.8, 4) is 17.0 Å². The molecular weight excluding hydrogens is 390 g/mol. The number of aromatic nitrogens is 2. The highest BCUT2D eigenvalue weighted by Gasteiger charge is 2.20. The van der Waals surface area contributed by atoms with Gasteiger partial charge in [-0.3, -0.25) is 0 Å². The molecule has 162 valence electrons. The molecule has 7 heteroatoms. The number of hydrogen-bond donors (Lipinski definition) is 2. The summed E-state index contributed by atoms with van der Waals surface area (Å²) in [6, 6.07) is 14.3. The predicted molar refractivity (Wildman–Crippen MR) is 124 cm³/mol. The quantitative estimate of drug-likeness (QED) is 0.672. The fourth-order valence-corrected chi connectivity index (χ4v) is 4.63. The van der Waals surface area contributed by atoms with Crippen LogP contribution in [0.4, 0.5) is 11.5 Å². The Balaban J connectivity index is 1.48. The molecule has 0 unspecified atom stereocenters. The van der Waals surface area contributed by atoms with Gasteiger partial charge in [0.1, 0.15) is 11.4 Å². The number of hydrogen-bond acceptors (Lipinski definition) is 7. The number of ether oxygens (including phenoxy) is 1. The SMILES string of the molecule is CN1CCC[C@@H](Nc2nnc(-c3ccc(N4CCOCC4)cc3O)c3ccccc23)C1. The second-order valence-corrected chi connectivity index (χ2v) is 8.49. The van der Waals surface area contributed by atoms with E-state index in [2.05, 4.69) is 38.4 Å². The van der Waals surface area contributed by atoms with Gasteiger partial charge in [0.25, 0.3) is 0 Å². The van der Waals surface area contributed by atoms with Crippen molar-refractivity contribution >= 4 is 22.3 Å². The molecule has 5 rings (SSSR count). The first-order valence-electron chi connectivity index (χ1n) is 11.1. The molecule has 1 aromatic heterocycles. The third kappa shape index (κ3) is 4.16. The van der Waals surface area contributed by atoms with Gasteiger partial charge >= 0.3 is 0 Å². The van der Waals surface area contributed by atoms with Crippen molar-refractivity contribution < 1.29 is 9.84 Å². The molecule has 0 saturated carbocycles. The number of aromatic hydroxyl groups is 1. The number of phenolic OH excluding ortho intramolecular Hbond substituents is 1. The monoisotopic (exact) mass is 419 g/mol.